The Morgan fingerprint density at radius 1 is 1.14 bits per heavy atom. The lowest BCUT2D eigenvalue weighted by atomic mass is 10.1. The molecule has 0 radical (unpaired) electrons. The first kappa shape index (κ1) is 19.4. The topological polar surface area (TPSA) is 71.1 Å². The van der Waals surface area contributed by atoms with Crippen LogP contribution in [-0.2, 0) is 9.59 Å². The normalized spacial score (nSPS) is 10.8. The summed E-state index contributed by atoms with van der Waals surface area (Å²) in [5, 5.41) is 7.25. The first-order valence-electron chi connectivity index (χ1n) is 8.50. The maximum atomic E-state index is 14.3. The molecule has 7 heteroatoms. The van der Waals surface area contributed by atoms with Crippen LogP contribution >= 0.6 is 11.3 Å². The van der Waals surface area contributed by atoms with Gasteiger partial charge in [0.15, 0.2) is 5.13 Å². The summed E-state index contributed by atoms with van der Waals surface area (Å²) in [6, 6.07) is 12.1. The highest BCUT2D eigenvalue weighted by molar-refractivity contribution is 7.14. The molecule has 0 aliphatic carbocycles. The fraction of sp³-hybridized carbons (Fsp3) is 0.0952. The summed E-state index contributed by atoms with van der Waals surface area (Å²) < 4.78 is 14.3. The Hall–Kier alpha value is -3.32. The highest BCUT2D eigenvalue weighted by atomic mass is 32.1. The molecule has 0 aliphatic rings. The molecular formula is C21H18FN3O2S. The molecule has 3 rings (SSSR count). The van der Waals surface area contributed by atoms with Crippen molar-refractivity contribution >= 4 is 40.0 Å². The summed E-state index contributed by atoms with van der Waals surface area (Å²) in [5.74, 6) is -1.09. The van der Waals surface area contributed by atoms with E-state index in [1.807, 2.05) is 31.2 Å². The van der Waals surface area contributed by atoms with E-state index in [1.165, 1.54) is 30.4 Å². The molecule has 142 valence electrons. The lowest BCUT2D eigenvalue weighted by molar-refractivity contribution is -0.114. The van der Waals surface area contributed by atoms with Crippen LogP contribution in [0.3, 0.4) is 0 Å². The molecule has 0 saturated carbocycles. The number of carbonyl (C=O) groups excluding carboxylic acids is 2. The summed E-state index contributed by atoms with van der Waals surface area (Å²) in [4.78, 5) is 27.4. The van der Waals surface area contributed by atoms with Crippen molar-refractivity contribution in [1.82, 2.24) is 4.98 Å². The fourth-order valence-corrected chi connectivity index (χ4v) is 3.26. The number of nitrogens with zero attached hydrogens (tertiary/aromatic N) is 1. The van der Waals surface area contributed by atoms with Crippen LogP contribution in [0.1, 0.15) is 18.1 Å². The molecule has 0 bridgehead atoms. The number of nitrogens with one attached hydrogen (secondary N) is 2. The van der Waals surface area contributed by atoms with E-state index in [4.69, 9.17) is 0 Å². The second-order valence-electron chi connectivity index (χ2n) is 6.09. The van der Waals surface area contributed by atoms with Crippen molar-refractivity contribution < 1.29 is 14.0 Å². The molecule has 0 saturated heterocycles. The van der Waals surface area contributed by atoms with E-state index in [1.54, 1.807) is 23.6 Å². The summed E-state index contributed by atoms with van der Waals surface area (Å²) in [6.07, 6.45) is 3.17. The lowest BCUT2D eigenvalue weighted by Crippen LogP contribution is -2.07. The number of hydrogen-bond acceptors (Lipinski definition) is 4. The number of aryl methyl sites for hydroxylation is 1. The zero-order valence-corrected chi connectivity index (χ0v) is 16.1. The van der Waals surface area contributed by atoms with Gasteiger partial charge < -0.3 is 5.32 Å². The number of benzene rings is 2. The van der Waals surface area contributed by atoms with Gasteiger partial charge >= 0.3 is 0 Å². The third kappa shape index (κ3) is 4.89. The average molecular weight is 395 g/mol. The molecule has 2 N–H and O–H groups in total. The smallest absolute Gasteiger partial charge is 0.250 e. The minimum atomic E-state index is -0.506. The predicted octanol–water partition coefficient (Wildman–Crippen LogP) is 4.87. The summed E-state index contributed by atoms with van der Waals surface area (Å²) >= 11 is 1.21. The average Bonchev–Trinajstić information content (AvgIpc) is 3.08. The van der Waals surface area contributed by atoms with Crippen LogP contribution in [0, 0.1) is 12.7 Å². The lowest BCUT2D eigenvalue weighted by Gasteiger charge is -2.04. The van der Waals surface area contributed by atoms with E-state index in [9.17, 15) is 14.0 Å². The van der Waals surface area contributed by atoms with Crippen LogP contribution < -0.4 is 10.6 Å². The molecule has 0 aliphatic heterocycles. The molecule has 2 aromatic carbocycles. The number of amides is 2. The predicted molar refractivity (Wildman–Crippen MR) is 111 cm³/mol. The number of carbonyl (C=O) groups is 2. The van der Waals surface area contributed by atoms with E-state index < -0.39 is 5.82 Å². The number of anilines is 2. The van der Waals surface area contributed by atoms with Crippen LogP contribution in [0.25, 0.3) is 17.3 Å². The van der Waals surface area contributed by atoms with Crippen molar-refractivity contribution in [3.8, 4) is 11.3 Å². The maximum Gasteiger partial charge on any atom is 0.250 e. The molecule has 5 nitrogen and oxygen atoms in total. The highest BCUT2D eigenvalue weighted by Crippen LogP contribution is 2.28. The molecular weight excluding hydrogens is 377 g/mol. The van der Waals surface area contributed by atoms with Gasteiger partial charge in [-0.25, -0.2) is 9.37 Å². The van der Waals surface area contributed by atoms with E-state index in [-0.39, 0.29) is 11.8 Å². The number of rotatable bonds is 5. The SMILES string of the molecule is CC(=O)Nc1ccc(-c2csc(NC(=O)C=Cc3ccccc3C)n2)c(F)c1. The molecule has 2 amide bonds. The number of aromatic nitrogens is 1. The molecule has 0 unspecified atom stereocenters. The second-order valence-corrected chi connectivity index (χ2v) is 6.95. The Balaban J connectivity index is 1.69. The molecule has 1 heterocycles. The largest absolute Gasteiger partial charge is 0.326 e. The van der Waals surface area contributed by atoms with E-state index in [0.29, 0.717) is 22.1 Å². The maximum absolute atomic E-state index is 14.3. The third-order valence-electron chi connectivity index (χ3n) is 3.90. The van der Waals surface area contributed by atoms with Crippen molar-refractivity contribution in [2.75, 3.05) is 10.6 Å². The molecule has 1 aromatic heterocycles. The zero-order valence-electron chi connectivity index (χ0n) is 15.3. The molecule has 0 atom stereocenters. The van der Waals surface area contributed by atoms with Gasteiger partial charge in [0.1, 0.15) is 5.82 Å². The third-order valence-corrected chi connectivity index (χ3v) is 4.66. The summed E-state index contributed by atoms with van der Waals surface area (Å²) in [5.41, 5.74) is 3.11. The second kappa shape index (κ2) is 8.58. The fourth-order valence-electron chi connectivity index (χ4n) is 2.55. The Labute approximate surface area is 165 Å². The van der Waals surface area contributed by atoms with Gasteiger partial charge in [-0.3, -0.25) is 14.9 Å². The van der Waals surface area contributed by atoms with Gasteiger partial charge in [0, 0.05) is 29.6 Å². The van der Waals surface area contributed by atoms with Gasteiger partial charge in [0.25, 0.3) is 0 Å². The van der Waals surface area contributed by atoms with Crippen molar-refractivity contribution in [1.29, 1.82) is 0 Å². The van der Waals surface area contributed by atoms with Crippen LogP contribution in [0.4, 0.5) is 15.2 Å². The Morgan fingerprint density at radius 2 is 1.93 bits per heavy atom. The van der Waals surface area contributed by atoms with Crippen LogP contribution in [0.5, 0.6) is 0 Å². The summed E-state index contributed by atoms with van der Waals surface area (Å²) in [6.45, 7) is 3.32. The van der Waals surface area contributed by atoms with Crippen molar-refractivity contribution in [2.24, 2.45) is 0 Å². The highest BCUT2D eigenvalue weighted by Gasteiger charge is 2.11. The Bertz CT molecular complexity index is 1060. The van der Waals surface area contributed by atoms with Gasteiger partial charge in [-0.05, 0) is 42.3 Å². The van der Waals surface area contributed by atoms with Crippen LogP contribution in [-0.4, -0.2) is 16.8 Å². The summed E-state index contributed by atoms with van der Waals surface area (Å²) in [7, 11) is 0. The van der Waals surface area contributed by atoms with Gasteiger partial charge in [-0.1, -0.05) is 24.3 Å². The van der Waals surface area contributed by atoms with Crippen molar-refractivity contribution in [3.05, 3.63) is 70.9 Å². The molecule has 0 spiro atoms. The number of thiazole rings is 1. The zero-order chi connectivity index (χ0) is 20.1. The standard InChI is InChI=1S/C21H18FN3O2S/c1-13-5-3-4-6-15(13)7-10-20(27)25-21-24-19(12-28-21)17-9-8-16(11-18(17)22)23-14(2)26/h3-12H,1-2H3,(H,23,26)(H,24,25,27). The van der Waals surface area contributed by atoms with Crippen molar-refractivity contribution in [2.45, 2.75) is 13.8 Å². The van der Waals surface area contributed by atoms with Crippen molar-refractivity contribution in [3.63, 3.8) is 0 Å². The molecule has 3 aromatic rings. The first-order valence-corrected chi connectivity index (χ1v) is 9.38. The van der Waals surface area contributed by atoms with E-state index in [0.717, 1.165) is 11.1 Å². The van der Waals surface area contributed by atoms with E-state index in [2.05, 4.69) is 15.6 Å². The van der Waals surface area contributed by atoms with Gasteiger partial charge in [-0.15, -0.1) is 11.3 Å². The van der Waals surface area contributed by atoms with Gasteiger partial charge in [-0.2, -0.15) is 0 Å². The number of halogens is 1. The van der Waals surface area contributed by atoms with Crippen LogP contribution in [0.2, 0.25) is 0 Å². The Morgan fingerprint density at radius 3 is 2.64 bits per heavy atom. The molecule has 0 fully saturated rings. The van der Waals surface area contributed by atoms with E-state index >= 15 is 0 Å². The van der Waals surface area contributed by atoms with Gasteiger partial charge in [0.2, 0.25) is 11.8 Å². The van der Waals surface area contributed by atoms with Gasteiger partial charge in [0.05, 0.1) is 5.69 Å². The minimum Gasteiger partial charge on any atom is -0.326 e. The quantitative estimate of drug-likeness (QED) is 0.606. The first-order chi connectivity index (χ1) is 13.4. The monoisotopic (exact) mass is 395 g/mol. The van der Waals surface area contributed by atoms with Crippen LogP contribution in [0.15, 0.2) is 53.9 Å². The number of hydrogen-bond donors (Lipinski definition) is 2. The molecule has 28 heavy (non-hydrogen) atoms. The Kier molecular flexibility index (Phi) is 5.96. The minimum absolute atomic E-state index is 0.274.